The number of hydrogen-bond donors (Lipinski definition) is 0. The largest absolute Gasteiger partial charge is 0.375 e. The van der Waals surface area contributed by atoms with Crippen LogP contribution in [0, 0.1) is 11.8 Å². The molecule has 1 aromatic carbocycles. The summed E-state index contributed by atoms with van der Waals surface area (Å²) in [5.41, 5.74) is 1.31. The van der Waals surface area contributed by atoms with Crippen LogP contribution < -0.4 is 0 Å². The van der Waals surface area contributed by atoms with Crippen LogP contribution >= 0.6 is 11.6 Å². The summed E-state index contributed by atoms with van der Waals surface area (Å²) in [6.45, 7) is 6.54. The van der Waals surface area contributed by atoms with Crippen LogP contribution in [-0.4, -0.2) is 17.6 Å². The Balaban J connectivity index is 2.03. The van der Waals surface area contributed by atoms with E-state index in [1.165, 1.54) is 5.56 Å². The summed E-state index contributed by atoms with van der Waals surface area (Å²) in [4.78, 5) is 0. The SMILES string of the molecule is CC1OC(C)C(C(Cl)Cc2ccccc2)C1C. The van der Waals surface area contributed by atoms with Crippen LogP contribution in [0.5, 0.6) is 0 Å². The van der Waals surface area contributed by atoms with Crippen molar-refractivity contribution in [2.24, 2.45) is 11.8 Å². The van der Waals surface area contributed by atoms with E-state index in [9.17, 15) is 0 Å². The van der Waals surface area contributed by atoms with Crippen molar-refractivity contribution in [1.82, 2.24) is 0 Å². The standard InChI is InChI=1S/C15H21ClO/c1-10-11(2)17-12(3)15(10)14(16)9-13-7-5-4-6-8-13/h4-8,10-12,14-15H,9H2,1-3H3. The second-order valence-corrected chi connectivity index (χ2v) is 5.75. The van der Waals surface area contributed by atoms with E-state index in [0.717, 1.165) is 6.42 Å². The van der Waals surface area contributed by atoms with Crippen molar-refractivity contribution in [2.75, 3.05) is 0 Å². The summed E-state index contributed by atoms with van der Waals surface area (Å²) >= 11 is 6.60. The van der Waals surface area contributed by atoms with Gasteiger partial charge in [0, 0.05) is 11.3 Å². The highest BCUT2D eigenvalue weighted by Gasteiger charge is 2.40. The van der Waals surface area contributed by atoms with Crippen LogP contribution in [0.4, 0.5) is 0 Å². The summed E-state index contributed by atoms with van der Waals surface area (Å²) < 4.78 is 5.86. The van der Waals surface area contributed by atoms with Gasteiger partial charge in [-0.2, -0.15) is 0 Å². The molecule has 1 heterocycles. The molecule has 17 heavy (non-hydrogen) atoms. The van der Waals surface area contributed by atoms with Crippen LogP contribution in [-0.2, 0) is 11.2 Å². The number of benzene rings is 1. The van der Waals surface area contributed by atoms with Crippen LogP contribution in [0.25, 0.3) is 0 Å². The minimum absolute atomic E-state index is 0.160. The fourth-order valence-electron chi connectivity index (χ4n) is 2.89. The summed E-state index contributed by atoms with van der Waals surface area (Å²) in [7, 11) is 0. The Kier molecular flexibility index (Phi) is 4.11. The Hall–Kier alpha value is -0.530. The Bertz CT molecular complexity index is 351. The van der Waals surface area contributed by atoms with Gasteiger partial charge in [-0.3, -0.25) is 0 Å². The first-order chi connectivity index (χ1) is 8.09. The molecule has 0 N–H and O–H groups in total. The van der Waals surface area contributed by atoms with Gasteiger partial charge in [0.05, 0.1) is 12.2 Å². The van der Waals surface area contributed by atoms with Crippen molar-refractivity contribution in [1.29, 1.82) is 0 Å². The van der Waals surface area contributed by atoms with Crippen molar-refractivity contribution in [3.05, 3.63) is 35.9 Å². The zero-order valence-corrected chi connectivity index (χ0v) is 11.5. The van der Waals surface area contributed by atoms with E-state index < -0.39 is 0 Å². The molecule has 0 amide bonds. The molecule has 94 valence electrons. The number of alkyl halides is 1. The third-order valence-electron chi connectivity index (χ3n) is 4.01. The highest BCUT2D eigenvalue weighted by atomic mass is 35.5. The first-order valence-electron chi connectivity index (χ1n) is 6.43. The predicted octanol–water partition coefficient (Wildman–Crippen LogP) is 3.90. The van der Waals surface area contributed by atoms with Crippen molar-refractivity contribution in [2.45, 2.75) is 44.8 Å². The summed E-state index contributed by atoms with van der Waals surface area (Å²) in [5.74, 6) is 0.989. The van der Waals surface area contributed by atoms with Gasteiger partial charge in [0.2, 0.25) is 0 Å². The van der Waals surface area contributed by atoms with Gasteiger partial charge < -0.3 is 4.74 Å². The minimum atomic E-state index is 0.160. The van der Waals surface area contributed by atoms with Crippen molar-refractivity contribution in [3.63, 3.8) is 0 Å². The van der Waals surface area contributed by atoms with Gasteiger partial charge in [0.15, 0.2) is 0 Å². The number of ether oxygens (including phenoxy) is 1. The molecule has 0 bridgehead atoms. The lowest BCUT2D eigenvalue weighted by molar-refractivity contribution is 0.0508. The average Bonchev–Trinajstić information content (AvgIpc) is 2.54. The van der Waals surface area contributed by atoms with E-state index in [0.29, 0.717) is 17.9 Å². The van der Waals surface area contributed by atoms with Crippen molar-refractivity contribution < 1.29 is 4.74 Å². The molecule has 0 aliphatic carbocycles. The Morgan fingerprint density at radius 1 is 1.12 bits per heavy atom. The monoisotopic (exact) mass is 252 g/mol. The van der Waals surface area contributed by atoms with E-state index in [1.54, 1.807) is 0 Å². The number of rotatable bonds is 3. The second-order valence-electron chi connectivity index (χ2n) is 5.19. The minimum Gasteiger partial charge on any atom is -0.375 e. The zero-order valence-electron chi connectivity index (χ0n) is 10.8. The summed E-state index contributed by atoms with van der Waals surface area (Å²) in [6, 6.07) is 10.5. The van der Waals surface area contributed by atoms with Crippen LogP contribution in [0.3, 0.4) is 0 Å². The summed E-state index contributed by atoms with van der Waals surface area (Å²) in [5, 5.41) is 0.160. The smallest absolute Gasteiger partial charge is 0.0596 e. The second kappa shape index (κ2) is 5.41. The van der Waals surface area contributed by atoms with Crippen molar-refractivity contribution in [3.8, 4) is 0 Å². The van der Waals surface area contributed by atoms with E-state index in [-0.39, 0.29) is 11.5 Å². The lowest BCUT2D eigenvalue weighted by Gasteiger charge is -2.24. The molecule has 5 unspecified atom stereocenters. The van der Waals surface area contributed by atoms with E-state index in [4.69, 9.17) is 16.3 Å². The first kappa shape index (κ1) is 12.9. The van der Waals surface area contributed by atoms with E-state index in [1.807, 2.05) is 6.07 Å². The topological polar surface area (TPSA) is 9.23 Å². The maximum absolute atomic E-state index is 6.60. The first-order valence-corrected chi connectivity index (χ1v) is 6.86. The van der Waals surface area contributed by atoms with Gasteiger partial charge in [0.25, 0.3) is 0 Å². The Morgan fingerprint density at radius 2 is 1.76 bits per heavy atom. The van der Waals surface area contributed by atoms with Crippen LogP contribution in [0.2, 0.25) is 0 Å². The quantitative estimate of drug-likeness (QED) is 0.742. The molecule has 1 nitrogen and oxygen atoms in total. The Labute approximate surface area is 109 Å². The molecule has 1 saturated heterocycles. The normalized spacial score (nSPS) is 34.8. The molecule has 1 aliphatic heterocycles. The van der Waals surface area contributed by atoms with Gasteiger partial charge in [-0.15, -0.1) is 11.6 Å². The summed E-state index contributed by atoms with van der Waals surface area (Å²) in [6.07, 6.45) is 1.52. The zero-order chi connectivity index (χ0) is 12.4. The van der Waals surface area contributed by atoms with Crippen LogP contribution in [0.1, 0.15) is 26.3 Å². The fraction of sp³-hybridized carbons (Fsp3) is 0.600. The molecule has 1 aliphatic rings. The molecule has 0 spiro atoms. The van der Waals surface area contributed by atoms with Gasteiger partial charge in [-0.25, -0.2) is 0 Å². The van der Waals surface area contributed by atoms with Gasteiger partial charge >= 0.3 is 0 Å². The van der Waals surface area contributed by atoms with Crippen LogP contribution in [0.15, 0.2) is 30.3 Å². The highest BCUT2D eigenvalue weighted by Crippen LogP contribution is 2.37. The maximum atomic E-state index is 6.60. The average molecular weight is 253 g/mol. The highest BCUT2D eigenvalue weighted by molar-refractivity contribution is 6.21. The van der Waals surface area contributed by atoms with Gasteiger partial charge in [-0.1, -0.05) is 37.3 Å². The molecule has 0 saturated carbocycles. The molecule has 2 heteroatoms. The maximum Gasteiger partial charge on any atom is 0.0596 e. The molecule has 2 rings (SSSR count). The molecule has 0 radical (unpaired) electrons. The molecule has 1 aromatic rings. The molecular weight excluding hydrogens is 232 g/mol. The Morgan fingerprint density at radius 3 is 2.29 bits per heavy atom. The molecule has 0 aromatic heterocycles. The van der Waals surface area contributed by atoms with E-state index >= 15 is 0 Å². The van der Waals surface area contributed by atoms with Gasteiger partial charge in [-0.05, 0) is 31.7 Å². The lowest BCUT2D eigenvalue weighted by Crippen LogP contribution is -2.28. The lowest BCUT2D eigenvalue weighted by atomic mass is 9.84. The van der Waals surface area contributed by atoms with Crippen molar-refractivity contribution >= 4 is 11.6 Å². The number of halogens is 1. The molecule has 5 atom stereocenters. The van der Waals surface area contributed by atoms with Gasteiger partial charge in [0.1, 0.15) is 0 Å². The third-order valence-corrected chi connectivity index (χ3v) is 4.46. The third kappa shape index (κ3) is 2.83. The number of hydrogen-bond acceptors (Lipinski definition) is 1. The van der Waals surface area contributed by atoms with E-state index in [2.05, 4.69) is 45.0 Å². The fourth-order valence-corrected chi connectivity index (χ4v) is 3.50. The predicted molar refractivity (Wildman–Crippen MR) is 72.5 cm³/mol. The molecule has 1 fully saturated rings. The molecular formula is C15H21ClO.